The van der Waals surface area contributed by atoms with Crippen molar-refractivity contribution in [1.82, 2.24) is 15.5 Å². The Morgan fingerprint density at radius 3 is 2.57 bits per heavy atom. The summed E-state index contributed by atoms with van der Waals surface area (Å²) in [7, 11) is 1.86. The highest BCUT2D eigenvalue weighted by atomic mass is 127. The number of nitrogens with zero attached hydrogens (tertiary/aromatic N) is 2. The maximum absolute atomic E-state index is 4.37. The summed E-state index contributed by atoms with van der Waals surface area (Å²) in [6.45, 7) is 8.96. The molecule has 2 unspecified atom stereocenters. The summed E-state index contributed by atoms with van der Waals surface area (Å²) < 4.78 is 0.237. The smallest absolute Gasteiger partial charge is 0.191 e. The van der Waals surface area contributed by atoms with Crippen molar-refractivity contribution in [3.8, 4) is 0 Å². The highest BCUT2D eigenvalue weighted by Crippen LogP contribution is 2.33. The van der Waals surface area contributed by atoms with E-state index in [0.29, 0.717) is 12.1 Å². The number of rotatable bonds is 5. The van der Waals surface area contributed by atoms with Gasteiger partial charge in [0.1, 0.15) is 0 Å². The lowest BCUT2D eigenvalue weighted by Crippen LogP contribution is -2.47. The predicted molar refractivity (Wildman–Crippen MR) is 105 cm³/mol. The van der Waals surface area contributed by atoms with Gasteiger partial charge < -0.3 is 10.6 Å². The molecule has 6 heteroatoms. The molecule has 1 saturated carbocycles. The summed E-state index contributed by atoms with van der Waals surface area (Å²) in [4.78, 5) is 7.03. The molecule has 0 aromatic carbocycles. The molecular formula is C15H31IN4S. The number of nitrogens with one attached hydrogen (secondary N) is 2. The lowest BCUT2D eigenvalue weighted by atomic mass is 10.2. The molecule has 2 fully saturated rings. The molecule has 1 saturated heterocycles. The first kappa shape index (κ1) is 19.4. The summed E-state index contributed by atoms with van der Waals surface area (Å²) >= 11 is 1.88. The number of aliphatic imine (C=N–C) groups is 1. The van der Waals surface area contributed by atoms with E-state index >= 15 is 0 Å². The van der Waals surface area contributed by atoms with E-state index in [1.807, 2.05) is 18.8 Å². The van der Waals surface area contributed by atoms with Gasteiger partial charge in [0.15, 0.2) is 5.96 Å². The highest BCUT2D eigenvalue weighted by Gasteiger charge is 2.38. The van der Waals surface area contributed by atoms with Gasteiger partial charge in [0.25, 0.3) is 0 Å². The van der Waals surface area contributed by atoms with Crippen LogP contribution in [0.2, 0.25) is 0 Å². The van der Waals surface area contributed by atoms with Crippen LogP contribution in [-0.4, -0.2) is 60.1 Å². The zero-order valence-corrected chi connectivity index (χ0v) is 17.1. The van der Waals surface area contributed by atoms with Crippen LogP contribution in [0.3, 0.4) is 0 Å². The Balaban J connectivity index is 0.00000220. The van der Waals surface area contributed by atoms with Crippen molar-refractivity contribution >= 4 is 41.7 Å². The average molecular weight is 426 g/mol. The standard InChI is InChI=1S/C15H30N4S.HI/c1-11-8-12(9-19(11)13-6-7-13)18-14(16-4)17-10-15(2,3)20-5;/h11-13H,6-10H2,1-5H3,(H2,16,17,18);1H. The molecule has 0 aromatic rings. The third-order valence-corrected chi connectivity index (χ3v) is 5.69. The Hall–Kier alpha value is 0.310. The molecule has 2 aliphatic rings. The Morgan fingerprint density at radius 2 is 2.05 bits per heavy atom. The van der Waals surface area contributed by atoms with E-state index < -0.39 is 0 Å². The van der Waals surface area contributed by atoms with Crippen molar-refractivity contribution < 1.29 is 0 Å². The van der Waals surface area contributed by atoms with Gasteiger partial charge in [0.05, 0.1) is 0 Å². The molecule has 2 atom stereocenters. The van der Waals surface area contributed by atoms with Gasteiger partial charge in [-0.2, -0.15) is 11.8 Å². The summed E-state index contributed by atoms with van der Waals surface area (Å²) in [6.07, 6.45) is 6.17. The minimum atomic E-state index is 0. The zero-order valence-electron chi connectivity index (χ0n) is 14.0. The van der Waals surface area contributed by atoms with Gasteiger partial charge in [-0.3, -0.25) is 9.89 Å². The fraction of sp³-hybridized carbons (Fsp3) is 0.933. The van der Waals surface area contributed by atoms with Crippen molar-refractivity contribution in [2.24, 2.45) is 4.99 Å². The van der Waals surface area contributed by atoms with E-state index in [1.165, 1.54) is 25.8 Å². The molecule has 0 bridgehead atoms. The summed E-state index contributed by atoms with van der Waals surface area (Å²) in [6, 6.07) is 2.11. The van der Waals surface area contributed by atoms with Crippen LogP contribution in [0.4, 0.5) is 0 Å². The molecule has 1 heterocycles. The van der Waals surface area contributed by atoms with Crippen LogP contribution >= 0.6 is 35.7 Å². The van der Waals surface area contributed by atoms with Crippen molar-refractivity contribution in [3.63, 3.8) is 0 Å². The third kappa shape index (κ3) is 5.78. The maximum atomic E-state index is 4.37. The third-order valence-electron chi connectivity index (χ3n) is 4.44. The van der Waals surface area contributed by atoms with Crippen molar-refractivity contribution in [3.05, 3.63) is 0 Å². The number of hydrogen-bond acceptors (Lipinski definition) is 3. The Morgan fingerprint density at radius 1 is 1.38 bits per heavy atom. The Kier molecular flexibility index (Phi) is 7.60. The fourth-order valence-electron chi connectivity index (χ4n) is 2.83. The zero-order chi connectivity index (χ0) is 14.8. The van der Waals surface area contributed by atoms with Crippen LogP contribution < -0.4 is 10.6 Å². The van der Waals surface area contributed by atoms with Crippen molar-refractivity contribution in [1.29, 1.82) is 0 Å². The first-order chi connectivity index (χ1) is 9.45. The molecule has 2 N–H and O–H groups in total. The van der Waals surface area contributed by atoms with Gasteiger partial charge in [-0.1, -0.05) is 0 Å². The number of guanidine groups is 1. The first-order valence-electron chi connectivity index (χ1n) is 7.73. The van der Waals surface area contributed by atoms with Crippen molar-refractivity contribution in [2.45, 2.75) is 62.9 Å². The Labute approximate surface area is 151 Å². The lowest BCUT2D eigenvalue weighted by molar-refractivity contribution is 0.256. The molecule has 124 valence electrons. The maximum Gasteiger partial charge on any atom is 0.191 e. The largest absolute Gasteiger partial charge is 0.355 e. The van der Waals surface area contributed by atoms with Gasteiger partial charge in [0, 0.05) is 43.0 Å². The topological polar surface area (TPSA) is 39.7 Å². The number of halogens is 1. The normalized spacial score (nSPS) is 27.4. The molecular weight excluding hydrogens is 395 g/mol. The molecule has 0 radical (unpaired) electrons. The molecule has 0 amide bonds. The van der Waals surface area contributed by atoms with E-state index in [0.717, 1.165) is 18.5 Å². The molecule has 21 heavy (non-hydrogen) atoms. The SMILES string of the molecule is CN=C(NCC(C)(C)SC)NC1CC(C)N(C2CC2)C1.I. The summed E-state index contributed by atoms with van der Waals surface area (Å²) in [5.41, 5.74) is 0. The molecule has 1 aliphatic carbocycles. The number of likely N-dealkylation sites (tertiary alicyclic amines) is 1. The van der Waals surface area contributed by atoms with E-state index in [1.54, 1.807) is 0 Å². The van der Waals surface area contributed by atoms with Crippen LogP contribution in [0.1, 0.15) is 40.0 Å². The fourth-order valence-corrected chi connectivity index (χ4v) is 3.05. The van der Waals surface area contributed by atoms with E-state index in [4.69, 9.17) is 0 Å². The van der Waals surface area contributed by atoms with Crippen LogP contribution in [0, 0.1) is 0 Å². The van der Waals surface area contributed by atoms with Crippen LogP contribution in [-0.2, 0) is 0 Å². The molecule has 4 nitrogen and oxygen atoms in total. The minimum Gasteiger partial charge on any atom is -0.355 e. The van der Waals surface area contributed by atoms with E-state index in [9.17, 15) is 0 Å². The average Bonchev–Trinajstić information content (AvgIpc) is 3.19. The van der Waals surface area contributed by atoms with Crippen LogP contribution in [0.25, 0.3) is 0 Å². The van der Waals surface area contributed by atoms with Gasteiger partial charge in [-0.15, -0.1) is 24.0 Å². The number of hydrogen-bond donors (Lipinski definition) is 2. The monoisotopic (exact) mass is 426 g/mol. The van der Waals surface area contributed by atoms with E-state index in [2.05, 4.69) is 47.6 Å². The van der Waals surface area contributed by atoms with Crippen LogP contribution in [0.5, 0.6) is 0 Å². The lowest BCUT2D eigenvalue weighted by Gasteiger charge is -2.25. The molecule has 0 aromatic heterocycles. The van der Waals surface area contributed by atoms with Crippen LogP contribution in [0.15, 0.2) is 4.99 Å². The van der Waals surface area contributed by atoms with E-state index in [-0.39, 0.29) is 28.7 Å². The summed E-state index contributed by atoms with van der Waals surface area (Å²) in [5, 5.41) is 7.05. The summed E-state index contributed by atoms with van der Waals surface area (Å²) in [5.74, 6) is 0.946. The van der Waals surface area contributed by atoms with Crippen molar-refractivity contribution in [2.75, 3.05) is 26.4 Å². The number of thioether (sulfide) groups is 1. The van der Waals surface area contributed by atoms with Gasteiger partial charge in [0.2, 0.25) is 0 Å². The minimum absolute atomic E-state index is 0. The van der Waals surface area contributed by atoms with Gasteiger partial charge in [-0.25, -0.2) is 0 Å². The first-order valence-corrected chi connectivity index (χ1v) is 8.95. The van der Waals surface area contributed by atoms with Gasteiger partial charge in [-0.05, 0) is 46.3 Å². The second kappa shape index (κ2) is 8.24. The predicted octanol–water partition coefficient (Wildman–Crippen LogP) is 2.54. The second-order valence-corrected chi connectivity index (χ2v) is 8.26. The second-order valence-electron chi connectivity index (χ2n) is 6.74. The van der Waals surface area contributed by atoms with Gasteiger partial charge >= 0.3 is 0 Å². The molecule has 1 aliphatic heterocycles. The molecule has 0 spiro atoms. The highest BCUT2D eigenvalue weighted by molar-refractivity contribution is 14.0. The quantitative estimate of drug-likeness (QED) is 0.403. The Bertz CT molecular complexity index is 358. The molecule has 2 rings (SSSR count).